The van der Waals surface area contributed by atoms with Crippen LogP contribution in [0.15, 0.2) is 42.5 Å². The first-order valence-corrected chi connectivity index (χ1v) is 7.64. The van der Waals surface area contributed by atoms with Crippen molar-refractivity contribution < 1.29 is 23.4 Å². The number of nitrogens with one attached hydrogen (secondary N) is 1. The van der Waals surface area contributed by atoms with E-state index in [0.29, 0.717) is 17.2 Å². The molecule has 25 heavy (non-hydrogen) atoms. The highest BCUT2D eigenvalue weighted by atomic mass is 19.1. The van der Waals surface area contributed by atoms with Crippen molar-refractivity contribution in [2.45, 2.75) is 6.92 Å². The predicted molar refractivity (Wildman–Crippen MR) is 94.8 cm³/mol. The minimum atomic E-state index is -0.447. The molecular formula is C19H20FNO4. The lowest BCUT2D eigenvalue weighted by atomic mass is 10.2. The second-order valence-corrected chi connectivity index (χ2v) is 5.09. The molecule has 0 bridgehead atoms. The van der Waals surface area contributed by atoms with E-state index < -0.39 is 11.7 Å². The highest BCUT2D eigenvalue weighted by molar-refractivity contribution is 5.93. The second-order valence-electron chi connectivity index (χ2n) is 5.09. The maximum atomic E-state index is 13.2. The van der Waals surface area contributed by atoms with Crippen LogP contribution in [-0.2, 0) is 4.79 Å². The van der Waals surface area contributed by atoms with Crippen LogP contribution in [0, 0.1) is 5.82 Å². The maximum Gasteiger partial charge on any atom is 0.262 e. The third-order valence-corrected chi connectivity index (χ3v) is 3.34. The molecule has 0 aliphatic heterocycles. The third-order valence-electron chi connectivity index (χ3n) is 3.34. The Balaban J connectivity index is 2.03. The topological polar surface area (TPSA) is 56.8 Å². The number of halogens is 1. The van der Waals surface area contributed by atoms with E-state index in [9.17, 15) is 9.18 Å². The molecule has 1 amide bonds. The minimum absolute atomic E-state index is 0.222. The Morgan fingerprint density at radius 2 is 1.84 bits per heavy atom. The number of ether oxygens (including phenoxy) is 3. The molecule has 0 unspecified atom stereocenters. The van der Waals surface area contributed by atoms with Gasteiger partial charge >= 0.3 is 0 Å². The van der Waals surface area contributed by atoms with Gasteiger partial charge in [-0.3, -0.25) is 4.79 Å². The summed E-state index contributed by atoms with van der Waals surface area (Å²) in [5, 5.41) is 2.62. The van der Waals surface area contributed by atoms with Crippen LogP contribution in [0.5, 0.6) is 17.2 Å². The molecule has 2 rings (SSSR count). The van der Waals surface area contributed by atoms with E-state index in [0.717, 1.165) is 5.56 Å². The molecule has 0 radical (unpaired) electrons. The maximum absolute atomic E-state index is 13.2. The smallest absolute Gasteiger partial charge is 0.262 e. The van der Waals surface area contributed by atoms with Crippen LogP contribution in [0.3, 0.4) is 0 Å². The van der Waals surface area contributed by atoms with E-state index in [1.807, 2.05) is 31.2 Å². The summed E-state index contributed by atoms with van der Waals surface area (Å²) in [5.41, 5.74) is 1.33. The molecule has 0 spiro atoms. The zero-order chi connectivity index (χ0) is 18.2. The van der Waals surface area contributed by atoms with E-state index >= 15 is 0 Å². The molecule has 0 aromatic heterocycles. The van der Waals surface area contributed by atoms with Crippen LogP contribution in [0.2, 0.25) is 0 Å². The molecule has 0 heterocycles. The van der Waals surface area contributed by atoms with Crippen molar-refractivity contribution in [2.24, 2.45) is 0 Å². The molecule has 1 N–H and O–H groups in total. The van der Waals surface area contributed by atoms with Gasteiger partial charge in [-0.1, -0.05) is 18.2 Å². The van der Waals surface area contributed by atoms with Crippen LogP contribution < -0.4 is 19.5 Å². The normalized spacial score (nSPS) is 10.6. The predicted octanol–water partition coefficient (Wildman–Crippen LogP) is 3.89. The Morgan fingerprint density at radius 3 is 2.52 bits per heavy atom. The van der Waals surface area contributed by atoms with E-state index in [1.165, 1.54) is 32.4 Å². The average molecular weight is 345 g/mol. The molecule has 132 valence electrons. The molecule has 2 aromatic carbocycles. The van der Waals surface area contributed by atoms with Crippen LogP contribution in [-0.4, -0.2) is 26.7 Å². The lowest BCUT2D eigenvalue weighted by Crippen LogP contribution is -2.20. The quantitative estimate of drug-likeness (QED) is 0.827. The summed E-state index contributed by atoms with van der Waals surface area (Å²) >= 11 is 0. The molecule has 5 nitrogen and oxygen atoms in total. The van der Waals surface area contributed by atoms with Crippen molar-refractivity contribution in [3.63, 3.8) is 0 Å². The first-order valence-electron chi connectivity index (χ1n) is 7.64. The van der Waals surface area contributed by atoms with Gasteiger partial charge in [0, 0.05) is 6.07 Å². The average Bonchev–Trinajstić information content (AvgIpc) is 2.62. The number of methoxy groups -OCH3 is 2. The number of carbonyl (C=O) groups excluding carboxylic acids is 1. The molecule has 0 aliphatic carbocycles. The number of benzene rings is 2. The number of amides is 1. The number of anilines is 1. The van der Waals surface area contributed by atoms with E-state index in [1.54, 1.807) is 6.07 Å². The first kappa shape index (κ1) is 18.3. The summed E-state index contributed by atoms with van der Waals surface area (Å²) < 4.78 is 29.0. The standard InChI is InChI=1S/C19H20FNO4/c1-4-5-13-6-9-16(18(10-13)24-3)25-12-19(22)21-15-8-7-14(20)11-17(15)23-2/h4-11H,12H2,1-3H3,(H,21,22)/b5-4+. The molecule has 0 fully saturated rings. The monoisotopic (exact) mass is 345 g/mol. The van der Waals surface area contributed by atoms with Gasteiger partial charge in [-0.2, -0.15) is 0 Å². The Kier molecular flexibility index (Phi) is 6.39. The number of hydrogen-bond acceptors (Lipinski definition) is 4. The number of allylic oxidation sites excluding steroid dienone is 1. The van der Waals surface area contributed by atoms with Crippen LogP contribution in [0.25, 0.3) is 6.08 Å². The lowest BCUT2D eigenvalue weighted by molar-refractivity contribution is -0.118. The summed E-state index contributed by atoms with van der Waals surface area (Å²) in [4.78, 5) is 12.1. The fourth-order valence-corrected chi connectivity index (χ4v) is 2.20. The van der Waals surface area contributed by atoms with Crippen molar-refractivity contribution in [3.05, 3.63) is 53.9 Å². The van der Waals surface area contributed by atoms with Gasteiger partial charge in [-0.05, 0) is 36.8 Å². The van der Waals surface area contributed by atoms with Gasteiger partial charge in [-0.15, -0.1) is 0 Å². The molecule has 2 aromatic rings. The van der Waals surface area contributed by atoms with Crippen molar-refractivity contribution in [1.82, 2.24) is 0 Å². The van der Waals surface area contributed by atoms with Gasteiger partial charge in [-0.25, -0.2) is 4.39 Å². The van der Waals surface area contributed by atoms with E-state index in [2.05, 4.69) is 5.32 Å². The van der Waals surface area contributed by atoms with Crippen molar-refractivity contribution in [2.75, 3.05) is 26.1 Å². The summed E-state index contributed by atoms with van der Waals surface area (Å²) in [6.45, 7) is 1.70. The zero-order valence-corrected chi connectivity index (χ0v) is 14.3. The Labute approximate surface area is 146 Å². The van der Waals surface area contributed by atoms with Crippen LogP contribution >= 0.6 is 0 Å². The molecule has 0 aliphatic rings. The Bertz CT molecular complexity index is 774. The summed E-state index contributed by atoms with van der Waals surface area (Å²) in [6, 6.07) is 9.27. The number of carbonyl (C=O) groups is 1. The van der Waals surface area contributed by atoms with Gasteiger partial charge in [0.25, 0.3) is 5.91 Å². The van der Waals surface area contributed by atoms with Crippen molar-refractivity contribution in [3.8, 4) is 17.2 Å². The van der Waals surface area contributed by atoms with Crippen molar-refractivity contribution >= 4 is 17.7 Å². The summed E-state index contributed by atoms with van der Waals surface area (Å²) in [6.07, 6.45) is 3.85. The van der Waals surface area contributed by atoms with Crippen LogP contribution in [0.4, 0.5) is 10.1 Å². The highest BCUT2D eigenvalue weighted by Crippen LogP contribution is 2.29. The van der Waals surface area contributed by atoms with Gasteiger partial charge in [0.05, 0.1) is 19.9 Å². The minimum Gasteiger partial charge on any atom is -0.494 e. The van der Waals surface area contributed by atoms with Crippen molar-refractivity contribution in [1.29, 1.82) is 0 Å². The largest absolute Gasteiger partial charge is 0.494 e. The first-order chi connectivity index (χ1) is 12.1. The number of hydrogen-bond donors (Lipinski definition) is 1. The number of rotatable bonds is 7. The second kappa shape index (κ2) is 8.73. The van der Waals surface area contributed by atoms with Crippen LogP contribution in [0.1, 0.15) is 12.5 Å². The molecular weight excluding hydrogens is 325 g/mol. The molecule has 0 saturated carbocycles. The zero-order valence-electron chi connectivity index (χ0n) is 14.3. The van der Waals surface area contributed by atoms with E-state index in [4.69, 9.17) is 14.2 Å². The lowest BCUT2D eigenvalue weighted by Gasteiger charge is -2.13. The molecule has 0 atom stereocenters. The van der Waals surface area contributed by atoms with Gasteiger partial charge < -0.3 is 19.5 Å². The summed E-state index contributed by atoms with van der Waals surface area (Å²) in [7, 11) is 2.93. The third kappa shape index (κ3) is 4.97. The highest BCUT2D eigenvalue weighted by Gasteiger charge is 2.11. The molecule has 6 heteroatoms. The van der Waals surface area contributed by atoms with E-state index in [-0.39, 0.29) is 12.4 Å². The van der Waals surface area contributed by atoms with Gasteiger partial charge in [0.1, 0.15) is 11.6 Å². The van der Waals surface area contributed by atoms with Gasteiger partial charge in [0.15, 0.2) is 18.1 Å². The Hall–Kier alpha value is -3.02. The SMILES string of the molecule is C/C=C/c1ccc(OCC(=O)Nc2ccc(F)cc2OC)c(OC)c1. The van der Waals surface area contributed by atoms with Gasteiger partial charge in [0.2, 0.25) is 0 Å². The fourth-order valence-electron chi connectivity index (χ4n) is 2.20. The Morgan fingerprint density at radius 1 is 1.08 bits per heavy atom. The fraction of sp³-hybridized carbons (Fsp3) is 0.211. The summed E-state index contributed by atoms with van der Waals surface area (Å²) in [5.74, 6) is 0.378. The molecule has 0 saturated heterocycles.